The van der Waals surface area contributed by atoms with Gasteiger partial charge in [-0.3, -0.25) is 9.59 Å². The zero-order valence-electron chi connectivity index (χ0n) is 5.74. The maximum atomic E-state index is 10.9. The van der Waals surface area contributed by atoms with E-state index in [0.717, 1.165) is 0 Å². The zero-order valence-corrected chi connectivity index (χ0v) is 5.74. The fraction of sp³-hybridized carbons (Fsp3) is 0.250. The van der Waals surface area contributed by atoms with Gasteiger partial charge in [0.2, 0.25) is 5.78 Å². The number of ketones is 2. The van der Waals surface area contributed by atoms with Gasteiger partial charge in [-0.1, -0.05) is 0 Å². The molecular formula is C8H6O3. The van der Waals surface area contributed by atoms with E-state index in [9.17, 15) is 9.59 Å². The van der Waals surface area contributed by atoms with Crippen LogP contribution < -0.4 is 0 Å². The van der Waals surface area contributed by atoms with Gasteiger partial charge in [0.05, 0.1) is 12.2 Å². The molecule has 0 aliphatic heterocycles. The lowest BCUT2D eigenvalue weighted by molar-refractivity contribution is -0.144. The second kappa shape index (κ2) is 2.05. The second-order valence-electron chi connectivity index (χ2n) is 2.56. The fourth-order valence-electron chi connectivity index (χ4n) is 1.16. The molecule has 0 amide bonds. The molecule has 3 nitrogen and oxygen atoms in total. The van der Waals surface area contributed by atoms with Gasteiger partial charge in [-0.15, -0.1) is 0 Å². The Balaban J connectivity index is 2.22. The third-order valence-electron chi connectivity index (χ3n) is 1.87. The largest absolute Gasteiger partial charge is 0.469 e. The standard InChI is InChI=1S/C8H6O3/c9-6-4-5(8(6)10)7-2-1-3-11-7/h1-3,5H,4H2. The van der Waals surface area contributed by atoms with Crippen molar-refractivity contribution in [3.63, 3.8) is 0 Å². The maximum absolute atomic E-state index is 10.9. The molecule has 1 fully saturated rings. The fourth-order valence-corrected chi connectivity index (χ4v) is 1.16. The summed E-state index contributed by atoms with van der Waals surface area (Å²) in [6.07, 6.45) is 1.82. The molecule has 2 rings (SSSR count). The molecule has 0 radical (unpaired) electrons. The van der Waals surface area contributed by atoms with Crippen LogP contribution in [0, 0.1) is 0 Å². The molecule has 0 N–H and O–H groups in total. The van der Waals surface area contributed by atoms with Gasteiger partial charge in [0.15, 0.2) is 5.78 Å². The molecule has 1 aromatic heterocycles. The Hall–Kier alpha value is -1.38. The molecule has 0 spiro atoms. The summed E-state index contributed by atoms with van der Waals surface area (Å²) in [6.45, 7) is 0. The number of hydrogen-bond acceptors (Lipinski definition) is 3. The van der Waals surface area contributed by atoms with Crippen LogP contribution in [-0.2, 0) is 9.59 Å². The third kappa shape index (κ3) is 0.808. The summed E-state index contributed by atoms with van der Waals surface area (Å²) in [5.41, 5.74) is 0. The van der Waals surface area contributed by atoms with E-state index in [-0.39, 0.29) is 17.5 Å². The van der Waals surface area contributed by atoms with Crippen LogP contribution >= 0.6 is 0 Å². The smallest absolute Gasteiger partial charge is 0.209 e. The molecular weight excluding hydrogens is 144 g/mol. The lowest BCUT2D eigenvalue weighted by Crippen LogP contribution is -2.35. The SMILES string of the molecule is O=C1CC(c2ccco2)C1=O. The molecule has 1 atom stereocenters. The van der Waals surface area contributed by atoms with Crippen molar-refractivity contribution in [3.8, 4) is 0 Å². The van der Waals surface area contributed by atoms with Crippen molar-refractivity contribution in [2.45, 2.75) is 12.3 Å². The summed E-state index contributed by atoms with van der Waals surface area (Å²) in [6, 6.07) is 3.43. The van der Waals surface area contributed by atoms with E-state index in [1.165, 1.54) is 6.26 Å². The number of rotatable bonds is 1. The predicted molar refractivity (Wildman–Crippen MR) is 36.1 cm³/mol. The Morgan fingerprint density at radius 2 is 2.27 bits per heavy atom. The Labute approximate surface area is 63.0 Å². The van der Waals surface area contributed by atoms with Crippen molar-refractivity contribution in [2.75, 3.05) is 0 Å². The molecule has 1 unspecified atom stereocenters. The van der Waals surface area contributed by atoms with E-state index < -0.39 is 0 Å². The molecule has 1 heterocycles. The molecule has 1 aromatic rings. The highest BCUT2D eigenvalue weighted by Crippen LogP contribution is 2.30. The molecule has 0 aromatic carbocycles. The van der Waals surface area contributed by atoms with Crippen LogP contribution in [0.3, 0.4) is 0 Å². The molecule has 1 aliphatic carbocycles. The van der Waals surface area contributed by atoms with Crippen LogP contribution in [0.5, 0.6) is 0 Å². The van der Waals surface area contributed by atoms with Crippen molar-refractivity contribution < 1.29 is 14.0 Å². The molecule has 1 saturated carbocycles. The van der Waals surface area contributed by atoms with E-state index in [2.05, 4.69) is 0 Å². The molecule has 56 valence electrons. The van der Waals surface area contributed by atoms with Gasteiger partial charge < -0.3 is 4.42 Å². The van der Waals surface area contributed by atoms with Crippen molar-refractivity contribution >= 4 is 11.6 Å². The first-order valence-electron chi connectivity index (χ1n) is 3.39. The Bertz CT molecular complexity index is 297. The van der Waals surface area contributed by atoms with E-state index in [1.807, 2.05) is 0 Å². The number of Topliss-reactive ketones (excluding diaryl/α,β-unsaturated/α-hetero) is 2. The van der Waals surface area contributed by atoms with E-state index >= 15 is 0 Å². The first-order valence-corrected chi connectivity index (χ1v) is 3.39. The monoisotopic (exact) mass is 150 g/mol. The molecule has 0 bridgehead atoms. The zero-order chi connectivity index (χ0) is 7.84. The van der Waals surface area contributed by atoms with Crippen LogP contribution in [0.1, 0.15) is 18.1 Å². The molecule has 3 heteroatoms. The minimum atomic E-state index is -0.319. The lowest BCUT2D eigenvalue weighted by atomic mass is 9.81. The van der Waals surface area contributed by atoms with E-state index in [4.69, 9.17) is 4.42 Å². The Morgan fingerprint density at radius 3 is 2.73 bits per heavy atom. The predicted octanol–water partition coefficient (Wildman–Crippen LogP) is 0.905. The van der Waals surface area contributed by atoms with Gasteiger partial charge >= 0.3 is 0 Å². The first kappa shape index (κ1) is 6.34. The summed E-state index contributed by atoms with van der Waals surface area (Å²) < 4.78 is 4.98. The first-order chi connectivity index (χ1) is 5.29. The summed E-state index contributed by atoms with van der Waals surface area (Å²) in [5, 5.41) is 0. The molecule has 11 heavy (non-hydrogen) atoms. The van der Waals surface area contributed by atoms with Gasteiger partial charge in [-0.05, 0) is 12.1 Å². The molecule has 0 saturated heterocycles. The van der Waals surface area contributed by atoms with Crippen molar-refractivity contribution in [2.24, 2.45) is 0 Å². The minimum Gasteiger partial charge on any atom is -0.469 e. The number of furan rings is 1. The van der Waals surface area contributed by atoms with E-state index in [0.29, 0.717) is 12.2 Å². The Morgan fingerprint density at radius 1 is 1.45 bits per heavy atom. The second-order valence-corrected chi connectivity index (χ2v) is 2.56. The number of carbonyl (C=O) groups excluding carboxylic acids is 2. The van der Waals surface area contributed by atoms with Gasteiger partial charge in [0.1, 0.15) is 5.76 Å². The van der Waals surface area contributed by atoms with Crippen molar-refractivity contribution in [1.82, 2.24) is 0 Å². The highest BCUT2D eigenvalue weighted by molar-refractivity contribution is 6.46. The topological polar surface area (TPSA) is 47.3 Å². The van der Waals surface area contributed by atoms with Crippen molar-refractivity contribution in [1.29, 1.82) is 0 Å². The summed E-state index contributed by atoms with van der Waals surface area (Å²) in [7, 11) is 0. The lowest BCUT2D eigenvalue weighted by Gasteiger charge is -2.19. The van der Waals surface area contributed by atoms with E-state index in [1.54, 1.807) is 12.1 Å². The average molecular weight is 150 g/mol. The van der Waals surface area contributed by atoms with Crippen LogP contribution in [-0.4, -0.2) is 11.6 Å². The number of hydrogen-bond donors (Lipinski definition) is 0. The quantitative estimate of drug-likeness (QED) is 0.559. The summed E-state index contributed by atoms with van der Waals surface area (Å²) in [5.74, 6) is -0.293. The highest BCUT2D eigenvalue weighted by atomic mass is 16.3. The number of carbonyl (C=O) groups is 2. The minimum absolute atomic E-state index is 0.286. The third-order valence-corrected chi connectivity index (χ3v) is 1.87. The van der Waals surface area contributed by atoms with Crippen LogP contribution in [0.25, 0.3) is 0 Å². The maximum Gasteiger partial charge on any atom is 0.209 e. The van der Waals surface area contributed by atoms with Crippen LogP contribution in [0.15, 0.2) is 22.8 Å². The van der Waals surface area contributed by atoms with Gasteiger partial charge in [-0.25, -0.2) is 0 Å². The van der Waals surface area contributed by atoms with Crippen LogP contribution in [0.4, 0.5) is 0 Å². The summed E-state index contributed by atoms with van der Waals surface area (Å²) >= 11 is 0. The highest BCUT2D eigenvalue weighted by Gasteiger charge is 2.40. The average Bonchev–Trinajstić information content (AvgIpc) is 2.51. The van der Waals surface area contributed by atoms with Crippen molar-refractivity contribution in [3.05, 3.63) is 24.2 Å². The van der Waals surface area contributed by atoms with Gasteiger partial charge in [0.25, 0.3) is 0 Å². The summed E-state index contributed by atoms with van der Waals surface area (Å²) in [4.78, 5) is 21.4. The van der Waals surface area contributed by atoms with Gasteiger partial charge in [0, 0.05) is 6.42 Å². The normalized spacial score (nSPS) is 23.5. The Kier molecular flexibility index (Phi) is 1.18. The molecule has 1 aliphatic rings. The van der Waals surface area contributed by atoms with Crippen LogP contribution in [0.2, 0.25) is 0 Å². The van der Waals surface area contributed by atoms with Gasteiger partial charge in [-0.2, -0.15) is 0 Å².